The van der Waals surface area contributed by atoms with Crippen LogP contribution >= 0.6 is 0 Å². The van der Waals surface area contributed by atoms with Gasteiger partial charge in [-0.3, -0.25) is 0 Å². The number of aryl methyl sites for hydroxylation is 1. The van der Waals surface area contributed by atoms with Gasteiger partial charge in [-0.2, -0.15) is 0 Å². The predicted molar refractivity (Wildman–Crippen MR) is 91.2 cm³/mol. The van der Waals surface area contributed by atoms with Crippen LogP contribution in [0.3, 0.4) is 0 Å². The quantitative estimate of drug-likeness (QED) is 0.742. The van der Waals surface area contributed by atoms with E-state index >= 15 is 0 Å². The molecular weight excluding hydrogens is 328 g/mol. The van der Waals surface area contributed by atoms with Crippen molar-refractivity contribution in [2.75, 3.05) is 7.11 Å². The number of fused-ring (bicyclic) bond motifs is 1. The van der Waals surface area contributed by atoms with Crippen molar-refractivity contribution >= 4 is 21.0 Å². The molecule has 24 heavy (non-hydrogen) atoms. The van der Waals surface area contributed by atoms with Gasteiger partial charge in [0.15, 0.2) is 5.58 Å². The van der Waals surface area contributed by atoms with Crippen molar-refractivity contribution in [1.82, 2.24) is 9.88 Å². The Morgan fingerprint density at radius 2 is 2.00 bits per heavy atom. The van der Waals surface area contributed by atoms with E-state index in [1.807, 2.05) is 37.3 Å². The zero-order chi connectivity index (χ0) is 17.2. The van der Waals surface area contributed by atoms with Crippen molar-refractivity contribution in [2.24, 2.45) is 0 Å². The molecule has 3 aromatic rings. The van der Waals surface area contributed by atoms with E-state index in [9.17, 15) is 8.42 Å². The standard InChI is InChI=1S/C17H18N2O4S/c1-12-9-13(7-8-16(12)22-2)10-18-24(20,21)11-15-14-5-3-4-6-17(14)23-19-15/h3-9,18H,10-11H2,1-2H3. The number of sulfonamides is 1. The van der Waals surface area contributed by atoms with Gasteiger partial charge in [-0.1, -0.05) is 29.4 Å². The topological polar surface area (TPSA) is 81.4 Å². The number of nitrogens with zero attached hydrogens (tertiary/aromatic N) is 1. The summed E-state index contributed by atoms with van der Waals surface area (Å²) in [6, 6.07) is 12.7. The van der Waals surface area contributed by atoms with Crippen LogP contribution in [0.5, 0.6) is 5.75 Å². The Morgan fingerprint density at radius 1 is 1.21 bits per heavy atom. The molecule has 0 radical (unpaired) electrons. The lowest BCUT2D eigenvalue weighted by molar-refractivity contribution is 0.411. The molecule has 2 aromatic carbocycles. The Bertz CT molecular complexity index is 964. The highest BCUT2D eigenvalue weighted by Gasteiger charge is 2.17. The van der Waals surface area contributed by atoms with Gasteiger partial charge in [0.05, 0.1) is 7.11 Å². The fraction of sp³-hybridized carbons (Fsp3) is 0.235. The van der Waals surface area contributed by atoms with Crippen LogP contribution < -0.4 is 9.46 Å². The first-order chi connectivity index (χ1) is 11.5. The van der Waals surface area contributed by atoms with E-state index in [2.05, 4.69) is 9.88 Å². The Hall–Kier alpha value is -2.38. The third-order valence-corrected chi connectivity index (χ3v) is 4.97. The Labute approximate surface area is 140 Å². The Balaban J connectivity index is 1.71. The van der Waals surface area contributed by atoms with Gasteiger partial charge in [0.2, 0.25) is 10.0 Å². The molecular formula is C17H18N2O4S. The molecule has 1 aromatic heterocycles. The molecule has 0 fully saturated rings. The highest BCUT2D eigenvalue weighted by molar-refractivity contribution is 7.88. The molecule has 1 heterocycles. The minimum atomic E-state index is -3.53. The molecule has 0 unspecified atom stereocenters. The number of benzene rings is 2. The van der Waals surface area contributed by atoms with Gasteiger partial charge in [0, 0.05) is 11.9 Å². The summed E-state index contributed by atoms with van der Waals surface area (Å²) in [6.45, 7) is 2.13. The maximum absolute atomic E-state index is 12.3. The lowest BCUT2D eigenvalue weighted by Gasteiger charge is -2.09. The average molecular weight is 346 g/mol. The summed E-state index contributed by atoms with van der Waals surface area (Å²) in [5.41, 5.74) is 2.80. The van der Waals surface area contributed by atoms with Gasteiger partial charge in [-0.25, -0.2) is 13.1 Å². The highest BCUT2D eigenvalue weighted by Crippen LogP contribution is 2.20. The number of ether oxygens (including phenoxy) is 1. The summed E-state index contributed by atoms with van der Waals surface area (Å²) >= 11 is 0. The van der Waals surface area contributed by atoms with Crippen LogP contribution in [0.25, 0.3) is 11.0 Å². The fourth-order valence-corrected chi connectivity index (χ4v) is 3.57. The van der Waals surface area contributed by atoms with Gasteiger partial charge >= 0.3 is 0 Å². The van der Waals surface area contributed by atoms with E-state index in [0.717, 1.165) is 16.9 Å². The number of para-hydroxylation sites is 1. The SMILES string of the molecule is COc1ccc(CNS(=O)(=O)Cc2noc3ccccc23)cc1C. The molecule has 3 rings (SSSR count). The van der Waals surface area contributed by atoms with E-state index in [4.69, 9.17) is 9.26 Å². The van der Waals surface area contributed by atoms with E-state index in [1.54, 1.807) is 19.2 Å². The molecule has 0 bridgehead atoms. The van der Waals surface area contributed by atoms with Crippen molar-refractivity contribution in [3.8, 4) is 5.75 Å². The van der Waals surface area contributed by atoms with Crippen LogP contribution in [-0.2, 0) is 22.3 Å². The second-order valence-corrected chi connectivity index (χ2v) is 7.32. The van der Waals surface area contributed by atoms with Crippen LogP contribution in [0, 0.1) is 6.92 Å². The first kappa shape index (κ1) is 16.5. The maximum Gasteiger partial charge on any atom is 0.217 e. The zero-order valence-electron chi connectivity index (χ0n) is 13.4. The van der Waals surface area contributed by atoms with E-state index in [0.29, 0.717) is 16.7 Å². The molecule has 1 N–H and O–H groups in total. The van der Waals surface area contributed by atoms with Crippen molar-refractivity contribution < 1.29 is 17.7 Å². The largest absolute Gasteiger partial charge is 0.496 e. The molecule has 0 amide bonds. The molecule has 7 heteroatoms. The lowest BCUT2D eigenvalue weighted by Crippen LogP contribution is -2.25. The summed E-state index contributed by atoms with van der Waals surface area (Å²) in [4.78, 5) is 0. The molecule has 6 nitrogen and oxygen atoms in total. The third kappa shape index (κ3) is 3.58. The summed E-state index contributed by atoms with van der Waals surface area (Å²) in [7, 11) is -1.92. The summed E-state index contributed by atoms with van der Waals surface area (Å²) in [5, 5.41) is 4.57. The van der Waals surface area contributed by atoms with Crippen LogP contribution in [-0.4, -0.2) is 20.7 Å². The van der Waals surface area contributed by atoms with Crippen LogP contribution in [0.4, 0.5) is 0 Å². The molecule has 0 aliphatic carbocycles. The number of hydrogen-bond donors (Lipinski definition) is 1. The minimum absolute atomic E-state index is 0.211. The second-order valence-electron chi connectivity index (χ2n) is 5.51. The molecule has 0 saturated carbocycles. The molecule has 0 spiro atoms. The molecule has 126 valence electrons. The van der Waals surface area contributed by atoms with Crippen LogP contribution in [0.2, 0.25) is 0 Å². The normalized spacial score (nSPS) is 11.8. The van der Waals surface area contributed by atoms with Crippen molar-refractivity contribution in [3.63, 3.8) is 0 Å². The van der Waals surface area contributed by atoms with Crippen molar-refractivity contribution in [1.29, 1.82) is 0 Å². The maximum atomic E-state index is 12.3. The monoisotopic (exact) mass is 346 g/mol. The summed E-state index contributed by atoms with van der Waals surface area (Å²) in [6.07, 6.45) is 0. The number of rotatable bonds is 6. The Morgan fingerprint density at radius 3 is 2.75 bits per heavy atom. The van der Waals surface area contributed by atoms with E-state index in [1.165, 1.54) is 0 Å². The molecule has 0 atom stereocenters. The summed E-state index contributed by atoms with van der Waals surface area (Å²) in [5.74, 6) is 0.551. The number of methoxy groups -OCH3 is 1. The van der Waals surface area contributed by atoms with Gasteiger partial charge in [-0.15, -0.1) is 0 Å². The van der Waals surface area contributed by atoms with Crippen molar-refractivity contribution in [3.05, 3.63) is 59.3 Å². The zero-order valence-corrected chi connectivity index (χ0v) is 14.3. The molecule has 0 aliphatic heterocycles. The smallest absolute Gasteiger partial charge is 0.217 e. The number of hydrogen-bond acceptors (Lipinski definition) is 5. The highest BCUT2D eigenvalue weighted by atomic mass is 32.2. The van der Waals surface area contributed by atoms with Gasteiger partial charge < -0.3 is 9.26 Å². The summed E-state index contributed by atoms with van der Waals surface area (Å²) < 4.78 is 37.5. The molecule has 0 saturated heterocycles. The average Bonchev–Trinajstić information content (AvgIpc) is 2.96. The lowest BCUT2D eigenvalue weighted by atomic mass is 10.1. The van der Waals surface area contributed by atoms with Gasteiger partial charge in [-0.05, 0) is 36.2 Å². The van der Waals surface area contributed by atoms with Crippen molar-refractivity contribution in [2.45, 2.75) is 19.2 Å². The first-order valence-corrected chi connectivity index (χ1v) is 9.08. The molecule has 0 aliphatic rings. The first-order valence-electron chi connectivity index (χ1n) is 7.42. The van der Waals surface area contributed by atoms with E-state index < -0.39 is 10.0 Å². The van der Waals surface area contributed by atoms with Gasteiger partial charge in [0.1, 0.15) is 17.2 Å². The number of aromatic nitrogens is 1. The minimum Gasteiger partial charge on any atom is -0.496 e. The van der Waals surface area contributed by atoms with Crippen LogP contribution in [0.15, 0.2) is 47.0 Å². The Kier molecular flexibility index (Phi) is 4.55. The fourth-order valence-electron chi connectivity index (χ4n) is 2.52. The van der Waals surface area contributed by atoms with E-state index in [-0.39, 0.29) is 12.3 Å². The van der Waals surface area contributed by atoms with Gasteiger partial charge in [0.25, 0.3) is 0 Å². The van der Waals surface area contributed by atoms with Crippen LogP contribution in [0.1, 0.15) is 16.8 Å². The third-order valence-electron chi connectivity index (χ3n) is 3.73. The predicted octanol–water partition coefficient (Wildman–Crippen LogP) is 2.76. The second kappa shape index (κ2) is 6.62. The number of nitrogens with one attached hydrogen (secondary N) is 1.